The van der Waals surface area contributed by atoms with E-state index < -0.39 is 34.5 Å². The van der Waals surface area contributed by atoms with Crippen LogP contribution >= 0.6 is 0 Å². The Kier molecular flexibility index (Phi) is 8.31. The molecule has 0 radical (unpaired) electrons. The van der Waals surface area contributed by atoms with Gasteiger partial charge in [-0.3, -0.25) is 9.59 Å². The lowest BCUT2D eigenvalue weighted by Crippen LogP contribution is -2.49. The molecule has 0 bridgehead atoms. The van der Waals surface area contributed by atoms with Crippen LogP contribution in [-0.2, 0) is 14.8 Å². The third-order valence-electron chi connectivity index (χ3n) is 5.92. The van der Waals surface area contributed by atoms with Gasteiger partial charge in [0.2, 0.25) is 16.0 Å². The van der Waals surface area contributed by atoms with Gasteiger partial charge < -0.3 is 20.6 Å². The topological polar surface area (TPSA) is 154 Å². The molecule has 1 aliphatic heterocycles. The standard InChI is InChI=1S/C25H28N6O5S/c32-23(33)17-22(30-37(35,36)21-5-2-1-3-6-21)29-24(34)18-7-9-20(10-8-18)31-15-11-19(12-16-31)28-25-26-13-4-14-27-25/h1-10,13-14,19,22,30H,11-12,15-17H2,(H,29,34)(H,32,33)(H,26,27,28). The smallest absolute Gasteiger partial charge is 0.306 e. The van der Waals surface area contributed by atoms with E-state index in [1.165, 1.54) is 12.1 Å². The van der Waals surface area contributed by atoms with Crippen LogP contribution in [-0.4, -0.2) is 60.7 Å². The van der Waals surface area contributed by atoms with Crippen molar-refractivity contribution in [3.63, 3.8) is 0 Å². The molecule has 1 fully saturated rings. The molecule has 1 amide bonds. The van der Waals surface area contributed by atoms with Crippen molar-refractivity contribution in [1.29, 1.82) is 0 Å². The summed E-state index contributed by atoms with van der Waals surface area (Å²) in [6.45, 7) is 1.63. The highest BCUT2D eigenvalue weighted by Crippen LogP contribution is 2.22. The summed E-state index contributed by atoms with van der Waals surface area (Å²) in [4.78, 5) is 34.7. The fourth-order valence-electron chi connectivity index (χ4n) is 4.06. The van der Waals surface area contributed by atoms with E-state index in [9.17, 15) is 23.1 Å². The number of benzene rings is 2. The second-order valence-corrected chi connectivity index (χ2v) is 10.3. The maximum Gasteiger partial charge on any atom is 0.306 e. The Morgan fingerprint density at radius 1 is 0.973 bits per heavy atom. The zero-order chi connectivity index (χ0) is 26.3. The largest absolute Gasteiger partial charge is 0.481 e. The van der Waals surface area contributed by atoms with Gasteiger partial charge in [-0.1, -0.05) is 18.2 Å². The molecule has 4 N–H and O–H groups in total. The molecule has 37 heavy (non-hydrogen) atoms. The van der Waals surface area contributed by atoms with Gasteiger partial charge in [0.05, 0.1) is 11.3 Å². The van der Waals surface area contributed by atoms with Crippen LogP contribution in [0.25, 0.3) is 0 Å². The Bertz CT molecular complexity index is 1300. The highest BCUT2D eigenvalue weighted by atomic mass is 32.2. The SMILES string of the molecule is O=C(O)CC(NC(=O)c1ccc(N2CCC(Nc3ncccn3)CC2)cc1)NS(=O)(=O)c1ccccc1. The number of carboxylic acid groups (broad SMARTS) is 1. The second kappa shape index (κ2) is 11.8. The highest BCUT2D eigenvalue weighted by Gasteiger charge is 2.24. The number of sulfonamides is 1. The molecule has 4 rings (SSSR count). The predicted octanol–water partition coefficient (Wildman–Crippen LogP) is 2.07. The van der Waals surface area contributed by atoms with Gasteiger partial charge in [-0.25, -0.2) is 18.4 Å². The summed E-state index contributed by atoms with van der Waals surface area (Å²) >= 11 is 0. The molecule has 2 heterocycles. The van der Waals surface area contributed by atoms with E-state index in [2.05, 4.69) is 30.2 Å². The molecule has 2 aromatic carbocycles. The van der Waals surface area contributed by atoms with E-state index >= 15 is 0 Å². The number of carbonyl (C=O) groups is 2. The number of nitrogens with one attached hydrogen (secondary N) is 3. The number of aliphatic carboxylic acids is 1. The van der Waals surface area contributed by atoms with Crippen molar-refractivity contribution >= 4 is 33.5 Å². The first-order valence-electron chi connectivity index (χ1n) is 11.8. The van der Waals surface area contributed by atoms with Crippen molar-refractivity contribution in [1.82, 2.24) is 20.0 Å². The van der Waals surface area contributed by atoms with Gasteiger partial charge in [0.1, 0.15) is 6.17 Å². The Morgan fingerprint density at radius 3 is 2.24 bits per heavy atom. The maximum atomic E-state index is 12.8. The first-order valence-corrected chi connectivity index (χ1v) is 13.3. The quantitative estimate of drug-likeness (QED) is 0.292. The van der Waals surface area contributed by atoms with E-state index in [0.717, 1.165) is 31.6 Å². The minimum Gasteiger partial charge on any atom is -0.481 e. The molecule has 1 atom stereocenters. The Hall–Kier alpha value is -4.03. The van der Waals surface area contributed by atoms with Crippen LogP contribution in [0.4, 0.5) is 11.6 Å². The number of hydrogen-bond acceptors (Lipinski definition) is 8. The molecule has 1 saturated heterocycles. The number of carbonyl (C=O) groups excluding carboxylic acids is 1. The molecule has 1 aromatic heterocycles. The second-order valence-electron chi connectivity index (χ2n) is 8.58. The minimum absolute atomic E-state index is 0.0285. The van der Waals surface area contributed by atoms with E-state index in [1.807, 2.05) is 12.1 Å². The molecule has 0 saturated carbocycles. The molecule has 0 aliphatic carbocycles. The molecular formula is C25H28N6O5S. The highest BCUT2D eigenvalue weighted by molar-refractivity contribution is 7.89. The summed E-state index contributed by atoms with van der Waals surface area (Å²) in [7, 11) is -4.03. The van der Waals surface area contributed by atoms with Crippen LogP contribution < -0.4 is 20.3 Å². The van der Waals surface area contributed by atoms with E-state index in [0.29, 0.717) is 5.95 Å². The van der Waals surface area contributed by atoms with E-state index in [1.54, 1.807) is 48.8 Å². The molecule has 12 heteroatoms. The van der Waals surface area contributed by atoms with Crippen molar-refractivity contribution in [3.05, 3.63) is 78.6 Å². The minimum atomic E-state index is -4.03. The lowest BCUT2D eigenvalue weighted by molar-refractivity contribution is -0.137. The average molecular weight is 525 g/mol. The summed E-state index contributed by atoms with van der Waals surface area (Å²) in [6, 6.07) is 16.5. The van der Waals surface area contributed by atoms with Crippen molar-refractivity contribution in [2.24, 2.45) is 0 Å². The van der Waals surface area contributed by atoms with Gasteiger partial charge in [-0.2, -0.15) is 4.72 Å². The number of hydrogen-bond donors (Lipinski definition) is 4. The Balaban J connectivity index is 1.34. The van der Waals surface area contributed by atoms with E-state index in [4.69, 9.17) is 0 Å². The monoisotopic (exact) mass is 524 g/mol. The number of rotatable bonds is 10. The molecule has 11 nitrogen and oxygen atoms in total. The Labute approximate surface area is 215 Å². The summed E-state index contributed by atoms with van der Waals surface area (Å²) in [5, 5.41) is 15.0. The summed E-state index contributed by atoms with van der Waals surface area (Å²) in [6.07, 6.45) is 3.26. The van der Waals surface area contributed by atoms with Gasteiger partial charge >= 0.3 is 5.97 Å². The van der Waals surface area contributed by atoms with E-state index in [-0.39, 0.29) is 16.5 Å². The number of piperidine rings is 1. The maximum absolute atomic E-state index is 12.8. The van der Waals surface area contributed by atoms with Crippen LogP contribution in [0.2, 0.25) is 0 Å². The van der Waals surface area contributed by atoms with Gasteiger partial charge in [0.15, 0.2) is 0 Å². The summed E-state index contributed by atoms with van der Waals surface area (Å²) in [5.41, 5.74) is 1.24. The number of amides is 1. The van der Waals surface area contributed by atoms with Crippen LogP contribution in [0.3, 0.4) is 0 Å². The zero-order valence-corrected chi connectivity index (χ0v) is 20.8. The fourth-order valence-corrected chi connectivity index (χ4v) is 5.22. The predicted molar refractivity (Wildman–Crippen MR) is 138 cm³/mol. The summed E-state index contributed by atoms with van der Waals surface area (Å²) in [5.74, 6) is -1.23. The van der Waals surface area contributed by atoms with Gasteiger partial charge in [-0.05, 0) is 55.3 Å². The normalized spacial score (nSPS) is 15.1. The van der Waals surface area contributed by atoms with Crippen molar-refractivity contribution < 1.29 is 23.1 Å². The van der Waals surface area contributed by atoms with Crippen LogP contribution in [0.15, 0.2) is 78.0 Å². The van der Waals surface area contributed by atoms with Gasteiger partial charge in [0.25, 0.3) is 5.91 Å². The first-order chi connectivity index (χ1) is 17.8. The third kappa shape index (κ3) is 7.24. The number of nitrogens with zero attached hydrogens (tertiary/aromatic N) is 3. The zero-order valence-electron chi connectivity index (χ0n) is 19.9. The lowest BCUT2D eigenvalue weighted by atomic mass is 10.0. The molecule has 1 unspecified atom stereocenters. The number of anilines is 2. The molecule has 0 spiro atoms. The average Bonchev–Trinajstić information content (AvgIpc) is 2.90. The lowest BCUT2D eigenvalue weighted by Gasteiger charge is -2.34. The van der Waals surface area contributed by atoms with Crippen LogP contribution in [0.1, 0.15) is 29.6 Å². The number of aromatic nitrogens is 2. The van der Waals surface area contributed by atoms with Gasteiger partial charge in [-0.15, -0.1) is 0 Å². The number of carboxylic acids is 1. The van der Waals surface area contributed by atoms with Crippen molar-refractivity contribution in [2.45, 2.75) is 36.4 Å². The molecule has 194 valence electrons. The fraction of sp³-hybridized carbons (Fsp3) is 0.280. The van der Waals surface area contributed by atoms with Crippen molar-refractivity contribution in [2.75, 3.05) is 23.3 Å². The third-order valence-corrected chi connectivity index (χ3v) is 7.41. The molecular weight excluding hydrogens is 496 g/mol. The van der Waals surface area contributed by atoms with Crippen molar-refractivity contribution in [3.8, 4) is 0 Å². The van der Waals surface area contributed by atoms with Gasteiger partial charge in [0, 0.05) is 42.8 Å². The van der Waals surface area contributed by atoms with Crippen LogP contribution in [0.5, 0.6) is 0 Å². The molecule has 3 aromatic rings. The van der Waals surface area contributed by atoms with Crippen LogP contribution in [0, 0.1) is 0 Å². The molecule has 1 aliphatic rings. The summed E-state index contributed by atoms with van der Waals surface area (Å²) < 4.78 is 27.5. The first kappa shape index (κ1) is 26.0. The Morgan fingerprint density at radius 2 is 1.62 bits per heavy atom.